The van der Waals surface area contributed by atoms with Crippen LogP contribution in [0, 0.1) is 5.82 Å². The highest BCUT2D eigenvalue weighted by Gasteiger charge is 2.09. The Balaban J connectivity index is 2.04. The van der Waals surface area contributed by atoms with Gasteiger partial charge < -0.3 is 5.32 Å². The lowest BCUT2D eigenvalue weighted by atomic mass is 10.3. The van der Waals surface area contributed by atoms with E-state index in [-0.39, 0.29) is 11.1 Å². The molecule has 3 nitrogen and oxygen atoms in total. The first kappa shape index (κ1) is 12.8. The molecule has 3 aromatic rings. The standard InChI is InChI=1S/C12H6BrClFN3S/c13-8-2-1-6(5-9(8)15)16-10-7-3-4-19-11(7)18-12(14)17-10/h1-5H,(H,16,17,18). The molecular weight excluding hydrogens is 353 g/mol. The molecule has 0 fully saturated rings. The zero-order valence-electron chi connectivity index (χ0n) is 9.32. The third-order valence-electron chi connectivity index (χ3n) is 2.48. The van der Waals surface area contributed by atoms with Gasteiger partial charge in [0.1, 0.15) is 16.5 Å². The van der Waals surface area contributed by atoms with E-state index in [1.54, 1.807) is 12.1 Å². The minimum atomic E-state index is -0.341. The molecule has 19 heavy (non-hydrogen) atoms. The summed E-state index contributed by atoms with van der Waals surface area (Å²) in [6.45, 7) is 0. The molecule has 1 N–H and O–H groups in total. The van der Waals surface area contributed by atoms with Crippen molar-refractivity contribution in [3.63, 3.8) is 0 Å². The van der Waals surface area contributed by atoms with Crippen molar-refractivity contribution in [3.05, 3.63) is 45.2 Å². The summed E-state index contributed by atoms with van der Waals surface area (Å²) in [7, 11) is 0. The Morgan fingerprint density at radius 2 is 2.11 bits per heavy atom. The van der Waals surface area contributed by atoms with Crippen molar-refractivity contribution in [1.29, 1.82) is 0 Å². The Morgan fingerprint density at radius 3 is 2.89 bits per heavy atom. The molecule has 0 aliphatic carbocycles. The van der Waals surface area contributed by atoms with Crippen molar-refractivity contribution in [3.8, 4) is 0 Å². The highest BCUT2D eigenvalue weighted by atomic mass is 79.9. The summed E-state index contributed by atoms with van der Waals surface area (Å²) in [6, 6.07) is 6.67. The van der Waals surface area contributed by atoms with E-state index in [0.717, 1.165) is 10.2 Å². The lowest BCUT2D eigenvalue weighted by molar-refractivity contribution is 0.622. The van der Waals surface area contributed by atoms with E-state index in [1.165, 1.54) is 17.4 Å². The maximum atomic E-state index is 13.5. The molecule has 0 aliphatic heterocycles. The van der Waals surface area contributed by atoms with Gasteiger partial charge in [-0.3, -0.25) is 0 Å². The average Bonchev–Trinajstić information content (AvgIpc) is 2.82. The van der Waals surface area contributed by atoms with Gasteiger partial charge in [0, 0.05) is 5.69 Å². The number of hydrogen-bond acceptors (Lipinski definition) is 4. The topological polar surface area (TPSA) is 37.8 Å². The fraction of sp³-hybridized carbons (Fsp3) is 0. The molecule has 2 aromatic heterocycles. The fourth-order valence-corrected chi connectivity index (χ4v) is 2.86. The number of rotatable bonds is 2. The van der Waals surface area contributed by atoms with Gasteiger partial charge in [0.25, 0.3) is 0 Å². The van der Waals surface area contributed by atoms with Gasteiger partial charge in [-0.25, -0.2) is 9.37 Å². The largest absolute Gasteiger partial charge is 0.339 e. The molecule has 0 saturated heterocycles. The second-order valence-corrected chi connectivity index (χ2v) is 5.82. The number of thiophene rings is 1. The summed E-state index contributed by atoms with van der Waals surface area (Å²) in [5.74, 6) is 0.227. The first-order valence-corrected chi connectivity index (χ1v) is 7.31. The number of halogens is 3. The monoisotopic (exact) mass is 357 g/mol. The summed E-state index contributed by atoms with van der Waals surface area (Å²) in [4.78, 5) is 9.05. The lowest BCUT2D eigenvalue weighted by Crippen LogP contribution is -1.96. The van der Waals surface area contributed by atoms with Crippen molar-refractivity contribution < 1.29 is 4.39 Å². The smallest absolute Gasteiger partial charge is 0.225 e. The molecular formula is C12H6BrClFN3S. The van der Waals surface area contributed by atoms with Crippen LogP contribution in [0.2, 0.25) is 5.28 Å². The van der Waals surface area contributed by atoms with Crippen LogP contribution >= 0.6 is 38.9 Å². The van der Waals surface area contributed by atoms with Gasteiger partial charge in [-0.05, 0) is 57.2 Å². The van der Waals surface area contributed by atoms with Crippen molar-refractivity contribution in [2.24, 2.45) is 0 Å². The first-order valence-electron chi connectivity index (χ1n) is 5.26. The zero-order chi connectivity index (χ0) is 13.4. The quantitative estimate of drug-likeness (QED) is 0.656. The predicted octanol–water partition coefficient (Wildman–Crippen LogP) is 4.99. The number of fused-ring (bicyclic) bond motifs is 1. The normalized spacial score (nSPS) is 10.9. The zero-order valence-corrected chi connectivity index (χ0v) is 12.5. The van der Waals surface area contributed by atoms with Crippen LogP contribution in [0.4, 0.5) is 15.9 Å². The number of nitrogens with one attached hydrogen (secondary N) is 1. The Labute approximate surface area is 125 Å². The van der Waals surface area contributed by atoms with E-state index >= 15 is 0 Å². The third-order valence-corrected chi connectivity index (χ3v) is 4.10. The first-order chi connectivity index (χ1) is 9.13. The molecule has 0 bridgehead atoms. The Hall–Kier alpha value is -1.24. The Kier molecular flexibility index (Phi) is 3.38. The van der Waals surface area contributed by atoms with Gasteiger partial charge in [0.15, 0.2) is 0 Å². The second kappa shape index (κ2) is 5.03. The number of aromatic nitrogens is 2. The van der Waals surface area contributed by atoms with Crippen LogP contribution in [0.3, 0.4) is 0 Å². The Bertz CT molecular complexity index is 762. The van der Waals surface area contributed by atoms with Crippen LogP contribution in [-0.2, 0) is 0 Å². The highest BCUT2D eigenvalue weighted by Crippen LogP contribution is 2.29. The molecule has 0 spiro atoms. The number of anilines is 2. The molecule has 0 radical (unpaired) electrons. The Morgan fingerprint density at radius 1 is 1.26 bits per heavy atom. The van der Waals surface area contributed by atoms with Gasteiger partial charge in [-0.1, -0.05) is 0 Å². The summed E-state index contributed by atoms with van der Waals surface area (Å²) >= 11 is 10.5. The third kappa shape index (κ3) is 2.56. The van der Waals surface area contributed by atoms with Crippen LogP contribution in [0.15, 0.2) is 34.1 Å². The van der Waals surface area contributed by atoms with Gasteiger partial charge in [-0.15, -0.1) is 11.3 Å². The van der Waals surface area contributed by atoms with E-state index in [2.05, 4.69) is 31.2 Å². The van der Waals surface area contributed by atoms with E-state index in [9.17, 15) is 4.39 Å². The number of nitrogens with zero attached hydrogens (tertiary/aromatic N) is 2. The molecule has 96 valence electrons. The van der Waals surface area contributed by atoms with Gasteiger partial charge in [0.05, 0.1) is 9.86 Å². The maximum Gasteiger partial charge on any atom is 0.225 e. The summed E-state index contributed by atoms with van der Waals surface area (Å²) in [5.41, 5.74) is 0.600. The van der Waals surface area contributed by atoms with Crippen LogP contribution in [0.5, 0.6) is 0 Å². The van der Waals surface area contributed by atoms with Crippen molar-refractivity contribution in [2.75, 3.05) is 5.32 Å². The van der Waals surface area contributed by atoms with Crippen LogP contribution in [0.25, 0.3) is 10.2 Å². The summed E-state index contributed by atoms with van der Waals surface area (Å²) in [6.07, 6.45) is 0. The van der Waals surface area contributed by atoms with Crippen LogP contribution < -0.4 is 5.32 Å². The minimum absolute atomic E-state index is 0.162. The molecule has 0 amide bonds. The van der Waals surface area contributed by atoms with E-state index in [4.69, 9.17) is 11.6 Å². The molecule has 0 saturated carbocycles. The van der Waals surface area contributed by atoms with Crippen molar-refractivity contribution in [1.82, 2.24) is 9.97 Å². The molecule has 2 heterocycles. The van der Waals surface area contributed by atoms with E-state index in [0.29, 0.717) is 16.0 Å². The molecule has 0 aliphatic rings. The van der Waals surface area contributed by atoms with E-state index in [1.807, 2.05) is 11.4 Å². The van der Waals surface area contributed by atoms with Crippen molar-refractivity contribution >= 4 is 60.6 Å². The summed E-state index contributed by atoms with van der Waals surface area (Å²) in [5, 5.41) is 5.98. The van der Waals surface area contributed by atoms with Gasteiger partial charge >= 0.3 is 0 Å². The molecule has 1 aromatic carbocycles. The highest BCUT2D eigenvalue weighted by molar-refractivity contribution is 9.10. The molecule has 3 rings (SSSR count). The second-order valence-electron chi connectivity index (χ2n) is 3.73. The van der Waals surface area contributed by atoms with E-state index < -0.39 is 0 Å². The van der Waals surface area contributed by atoms with Crippen LogP contribution in [0.1, 0.15) is 0 Å². The van der Waals surface area contributed by atoms with Gasteiger partial charge in [-0.2, -0.15) is 4.98 Å². The number of hydrogen-bond donors (Lipinski definition) is 1. The summed E-state index contributed by atoms with van der Waals surface area (Å²) < 4.78 is 13.9. The maximum absolute atomic E-state index is 13.5. The lowest BCUT2D eigenvalue weighted by Gasteiger charge is -2.07. The van der Waals surface area contributed by atoms with Crippen molar-refractivity contribution in [2.45, 2.75) is 0 Å². The molecule has 0 atom stereocenters. The van der Waals surface area contributed by atoms with Gasteiger partial charge in [0.2, 0.25) is 5.28 Å². The average molecular weight is 359 g/mol. The predicted molar refractivity (Wildman–Crippen MR) is 79.8 cm³/mol. The fourth-order valence-electron chi connectivity index (χ4n) is 1.64. The minimum Gasteiger partial charge on any atom is -0.339 e. The molecule has 7 heteroatoms. The van der Waals surface area contributed by atoms with Crippen LogP contribution in [-0.4, -0.2) is 9.97 Å². The number of benzene rings is 1. The SMILES string of the molecule is Fc1cc(Nc2nc(Cl)nc3sccc23)ccc1Br. The molecule has 0 unspecified atom stereocenters.